The van der Waals surface area contributed by atoms with Gasteiger partial charge >= 0.3 is 0 Å². The van der Waals surface area contributed by atoms with Crippen molar-refractivity contribution in [2.75, 3.05) is 34.9 Å². The van der Waals surface area contributed by atoms with Crippen LogP contribution in [0, 0.1) is 12.3 Å². The lowest BCUT2D eigenvalue weighted by Gasteiger charge is -2.23. The molecule has 0 aliphatic rings. The van der Waals surface area contributed by atoms with Crippen LogP contribution in [0.15, 0.2) is 47.5 Å². The largest absolute Gasteiger partial charge is 0.496 e. The van der Waals surface area contributed by atoms with Gasteiger partial charge in [0.15, 0.2) is 17.5 Å². The first-order chi connectivity index (χ1) is 13.6. The lowest BCUT2D eigenvalue weighted by Crippen LogP contribution is -2.38. The predicted octanol–water partition coefficient (Wildman–Crippen LogP) is 3.54. The first-order valence-electron chi connectivity index (χ1n) is 8.89. The molecule has 0 saturated heterocycles. The number of terminal acetylenes is 1. The number of benzene rings is 2. The lowest BCUT2D eigenvalue weighted by molar-refractivity contribution is 0.330. The van der Waals surface area contributed by atoms with Crippen LogP contribution < -0.4 is 19.5 Å². The van der Waals surface area contributed by atoms with Gasteiger partial charge in [-0.2, -0.15) is 0 Å². The molecule has 0 aliphatic heterocycles. The summed E-state index contributed by atoms with van der Waals surface area (Å²) in [5, 5.41) is 3.36. The van der Waals surface area contributed by atoms with Crippen LogP contribution in [0.2, 0.25) is 0 Å². The van der Waals surface area contributed by atoms with Crippen molar-refractivity contribution in [3.05, 3.63) is 53.6 Å². The summed E-state index contributed by atoms with van der Waals surface area (Å²) < 4.78 is 16.3. The van der Waals surface area contributed by atoms with E-state index in [1.165, 1.54) is 0 Å². The van der Waals surface area contributed by atoms with Gasteiger partial charge in [-0.15, -0.1) is 30.4 Å². The van der Waals surface area contributed by atoms with E-state index in [0.717, 1.165) is 22.8 Å². The van der Waals surface area contributed by atoms with Crippen LogP contribution in [0.25, 0.3) is 0 Å². The fourth-order valence-corrected chi connectivity index (χ4v) is 2.79. The highest BCUT2D eigenvalue weighted by Gasteiger charge is 2.11. The molecule has 0 amide bonds. The standard InChI is InChI=1S/C22H27N3O3.HI/c1-6-13-28-21-14-17(11-12-20(21)27-5)15-24-22(23-2)25(3)16-18-9-7-8-10-19(18)26-4;/h1,7-12,14H,13,15-16H2,2-5H3,(H,23,24);1H. The summed E-state index contributed by atoms with van der Waals surface area (Å²) in [6.45, 7) is 1.44. The van der Waals surface area contributed by atoms with Gasteiger partial charge in [-0.3, -0.25) is 4.99 Å². The fraction of sp³-hybridized carbons (Fsp3) is 0.318. The number of nitrogens with zero attached hydrogens (tertiary/aromatic N) is 2. The number of halogens is 1. The SMILES string of the molecule is C#CCOc1cc(CNC(=NC)N(C)Cc2ccccc2OC)ccc1OC.I. The first-order valence-corrected chi connectivity index (χ1v) is 8.89. The smallest absolute Gasteiger partial charge is 0.193 e. The van der Waals surface area contributed by atoms with Gasteiger partial charge in [0.2, 0.25) is 0 Å². The average molecular weight is 509 g/mol. The summed E-state index contributed by atoms with van der Waals surface area (Å²) in [4.78, 5) is 6.41. The molecule has 0 atom stereocenters. The molecule has 2 aromatic carbocycles. The van der Waals surface area contributed by atoms with E-state index >= 15 is 0 Å². The molecule has 0 fully saturated rings. The Bertz CT molecular complexity index is 849. The Kier molecular flexibility index (Phi) is 10.8. The normalized spacial score (nSPS) is 10.4. The highest BCUT2D eigenvalue weighted by Crippen LogP contribution is 2.28. The number of ether oxygens (including phenoxy) is 3. The molecule has 0 unspecified atom stereocenters. The quantitative estimate of drug-likeness (QED) is 0.256. The molecule has 1 N–H and O–H groups in total. The Morgan fingerprint density at radius 2 is 1.83 bits per heavy atom. The molecule has 2 rings (SSSR count). The lowest BCUT2D eigenvalue weighted by atomic mass is 10.2. The summed E-state index contributed by atoms with van der Waals surface area (Å²) in [7, 11) is 7.02. The molecule has 6 nitrogen and oxygen atoms in total. The minimum atomic E-state index is 0. The number of hydrogen-bond acceptors (Lipinski definition) is 4. The third kappa shape index (κ3) is 7.06. The summed E-state index contributed by atoms with van der Waals surface area (Å²) in [5.41, 5.74) is 2.12. The summed E-state index contributed by atoms with van der Waals surface area (Å²) in [6, 6.07) is 13.7. The van der Waals surface area contributed by atoms with Gasteiger partial charge < -0.3 is 24.4 Å². The molecule has 29 heavy (non-hydrogen) atoms. The van der Waals surface area contributed by atoms with Crippen molar-refractivity contribution in [1.82, 2.24) is 10.2 Å². The van der Waals surface area contributed by atoms with Crippen LogP contribution in [-0.2, 0) is 13.1 Å². The fourth-order valence-electron chi connectivity index (χ4n) is 2.79. The van der Waals surface area contributed by atoms with Gasteiger partial charge in [-0.05, 0) is 23.8 Å². The zero-order valence-corrected chi connectivity index (χ0v) is 19.6. The maximum atomic E-state index is 5.56. The number of rotatable bonds is 8. The Labute approximate surface area is 190 Å². The Hall–Kier alpha value is -2.60. The number of nitrogens with one attached hydrogen (secondary N) is 1. The van der Waals surface area contributed by atoms with Crippen molar-refractivity contribution in [1.29, 1.82) is 0 Å². The van der Waals surface area contributed by atoms with Crippen molar-refractivity contribution in [3.8, 4) is 29.6 Å². The Morgan fingerprint density at radius 3 is 2.48 bits per heavy atom. The summed E-state index contributed by atoms with van der Waals surface area (Å²) in [5.74, 6) is 5.36. The van der Waals surface area contributed by atoms with Crippen molar-refractivity contribution >= 4 is 29.9 Å². The van der Waals surface area contributed by atoms with Gasteiger partial charge in [0.1, 0.15) is 12.4 Å². The minimum Gasteiger partial charge on any atom is -0.496 e. The van der Waals surface area contributed by atoms with E-state index in [2.05, 4.69) is 16.2 Å². The van der Waals surface area contributed by atoms with Gasteiger partial charge in [-0.25, -0.2) is 0 Å². The molecule has 0 saturated carbocycles. The number of para-hydroxylation sites is 1. The Morgan fingerprint density at radius 1 is 1.10 bits per heavy atom. The van der Waals surface area contributed by atoms with E-state index in [1.807, 2.05) is 54.4 Å². The highest BCUT2D eigenvalue weighted by molar-refractivity contribution is 14.0. The Balaban J connectivity index is 0.00000420. The van der Waals surface area contributed by atoms with E-state index in [9.17, 15) is 0 Å². The van der Waals surface area contributed by atoms with Crippen molar-refractivity contribution < 1.29 is 14.2 Å². The molecular formula is C22H28IN3O3. The highest BCUT2D eigenvalue weighted by atomic mass is 127. The van der Waals surface area contributed by atoms with E-state index in [4.69, 9.17) is 20.6 Å². The molecule has 7 heteroatoms. The zero-order chi connectivity index (χ0) is 20.4. The molecule has 0 bridgehead atoms. The number of hydrogen-bond donors (Lipinski definition) is 1. The van der Waals surface area contributed by atoms with Gasteiger partial charge in [0.25, 0.3) is 0 Å². The molecule has 0 aromatic heterocycles. The van der Waals surface area contributed by atoms with Crippen LogP contribution in [0.3, 0.4) is 0 Å². The van der Waals surface area contributed by atoms with E-state index in [-0.39, 0.29) is 30.6 Å². The van der Waals surface area contributed by atoms with Gasteiger partial charge in [0, 0.05) is 32.7 Å². The third-order valence-electron chi connectivity index (χ3n) is 4.16. The predicted molar refractivity (Wildman–Crippen MR) is 127 cm³/mol. The van der Waals surface area contributed by atoms with Crippen LogP contribution in [-0.4, -0.2) is 45.8 Å². The monoisotopic (exact) mass is 509 g/mol. The molecule has 0 spiro atoms. The topological polar surface area (TPSA) is 55.3 Å². The van der Waals surface area contributed by atoms with Crippen LogP contribution in [0.1, 0.15) is 11.1 Å². The first kappa shape index (κ1) is 24.4. The van der Waals surface area contributed by atoms with Gasteiger partial charge in [0.05, 0.1) is 14.2 Å². The molecular weight excluding hydrogens is 481 g/mol. The van der Waals surface area contributed by atoms with E-state index in [1.54, 1.807) is 21.3 Å². The van der Waals surface area contributed by atoms with Crippen molar-refractivity contribution in [3.63, 3.8) is 0 Å². The van der Waals surface area contributed by atoms with Gasteiger partial charge in [-0.1, -0.05) is 30.2 Å². The number of methoxy groups -OCH3 is 2. The van der Waals surface area contributed by atoms with Crippen molar-refractivity contribution in [2.24, 2.45) is 4.99 Å². The number of guanidine groups is 1. The second-order valence-electron chi connectivity index (χ2n) is 6.05. The third-order valence-corrected chi connectivity index (χ3v) is 4.16. The second-order valence-corrected chi connectivity index (χ2v) is 6.05. The molecule has 0 radical (unpaired) electrons. The van der Waals surface area contributed by atoms with E-state index in [0.29, 0.717) is 24.6 Å². The maximum absolute atomic E-state index is 5.56. The van der Waals surface area contributed by atoms with Crippen LogP contribution >= 0.6 is 24.0 Å². The van der Waals surface area contributed by atoms with Crippen LogP contribution in [0.4, 0.5) is 0 Å². The van der Waals surface area contributed by atoms with Crippen LogP contribution in [0.5, 0.6) is 17.2 Å². The van der Waals surface area contributed by atoms with E-state index < -0.39 is 0 Å². The molecule has 0 aliphatic carbocycles. The molecule has 2 aromatic rings. The maximum Gasteiger partial charge on any atom is 0.193 e. The zero-order valence-electron chi connectivity index (χ0n) is 17.3. The molecule has 156 valence electrons. The number of aliphatic imine (C=N–C) groups is 1. The minimum absolute atomic E-state index is 0. The second kappa shape index (κ2) is 12.8. The average Bonchev–Trinajstić information content (AvgIpc) is 2.73. The van der Waals surface area contributed by atoms with Crippen molar-refractivity contribution in [2.45, 2.75) is 13.1 Å². The molecule has 0 heterocycles. The summed E-state index contributed by atoms with van der Waals surface area (Å²) in [6.07, 6.45) is 5.28. The summed E-state index contributed by atoms with van der Waals surface area (Å²) >= 11 is 0.